The fourth-order valence-electron chi connectivity index (χ4n) is 2.77. The molecule has 0 radical (unpaired) electrons. The molecule has 1 atom stereocenters. The van der Waals surface area contributed by atoms with E-state index in [1.807, 2.05) is 30.3 Å². The molecule has 0 unspecified atom stereocenters. The van der Waals surface area contributed by atoms with E-state index in [4.69, 9.17) is 9.97 Å². The van der Waals surface area contributed by atoms with E-state index in [9.17, 15) is 5.11 Å². The third-order valence-electron chi connectivity index (χ3n) is 4.00. The molecule has 0 bridgehead atoms. The molecule has 1 aromatic carbocycles. The fraction of sp³-hybridized carbons (Fsp3) is 0.150. The second-order valence-electron chi connectivity index (χ2n) is 6.06. The van der Waals surface area contributed by atoms with Crippen LogP contribution in [0.1, 0.15) is 6.92 Å². The van der Waals surface area contributed by atoms with Gasteiger partial charge in [0.05, 0.1) is 11.5 Å². The van der Waals surface area contributed by atoms with Crippen molar-refractivity contribution in [3.05, 3.63) is 60.2 Å². The molecule has 0 saturated carbocycles. The number of nitrogens with one attached hydrogen (secondary N) is 1. The Morgan fingerprint density at radius 3 is 2.62 bits per heavy atom. The third kappa shape index (κ3) is 3.29. The average Bonchev–Trinajstić information content (AvgIpc) is 3.11. The molecule has 0 aliphatic carbocycles. The van der Waals surface area contributed by atoms with Crippen LogP contribution in [0.5, 0.6) is 0 Å². The first kappa shape index (κ1) is 16.6. The zero-order valence-electron chi connectivity index (χ0n) is 14.3. The Morgan fingerprint density at radius 1 is 1.08 bits per heavy atom. The van der Waals surface area contributed by atoms with E-state index >= 15 is 0 Å². The Balaban J connectivity index is 1.89. The smallest absolute Gasteiger partial charge is 0.164 e. The van der Waals surface area contributed by atoms with Crippen molar-refractivity contribution in [2.75, 3.05) is 11.9 Å². The molecule has 3 aromatic heterocycles. The summed E-state index contributed by atoms with van der Waals surface area (Å²) in [6.45, 7) is 2.17. The minimum Gasteiger partial charge on any atom is -0.392 e. The topological polar surface area (TPSA) is 70.9 Å². The second-order valence-corrected chi connectivity index (χ2v) is 6.92. The number of pyridine rings is 1. The molecule has 0 fully saturated rings. The van der Waals surface area contributed by atoms with Crippen molar-refractivity contribution in [3.63, 3.8) is 0 Å². The molecule has 0 aliphatic rings. The van der Waals surface area contributed by atoms with E-state index in [0.29, 0.717) is 12.4 Å². The zero-order chi connectivity index (χ0) is 17.9. The van der Waals surface area contributed by atoms with E-state index in [1.165, 1.54) is 0 Å². The SMILES string of the molecule is C[C@@H](O)CNc1nc(-c2cccnc2)nc2scc(-c3ccccc3)c12. The number of benzene rings is 1. The molecule has 4 aromatic rings. The maximum absolute atomic E-state index is 9.70. The van der Waals surface area contributed by atoms with Crippen molar-refractivity contribution in [2.24, 2.45) is 0 Å². The third-order valence-corrected chi connectivity index (χ3v) is 4.88. The van der Waals surface area contributed by atoms with Gasteiger partial charge in [0.1, 0.15) is 10.6 Å². The van der Waals surface area contributed by atoms with Crippen molar-refractivity contribution < 1.29 is 5.11 Å². The first-order valence-corrected chi connectivity index (χ1v) is 9.27. The maximum Gasteiger partial charge on any atom is 0.164 e. The predicted octanol–water partition coefficient (Wildman–Crippen LogP) is 4.21. The first-order valence-electron chi connectivity index (χ1n) is 8.39. The van der Waals surface area contributed by atoms with Crippen molar-refractivity contribution in [3.8, 4) is 22.5 Å². The molecule has 5 nitrogen and oxygen atoms in total. The van der Waals surface area contributed by atoms with Gasteiger partial charge in [-0.25, -0.2) is 9.97 Å². The molecular formula is C20H18N4OS. The van der Waals surface area contributed by atoms with Gasteiger partial charge in [-0.2, -0.15) is 0 Å². The van der Waals surface area contributed by atoms with Crippen LogP contribution in [0.2, 0.25) is 0 Å². The van der Waals surface area contributed by atoms with Crippen molar-refractivity contribution >= 4 is 27.4 Å². The predicted molar refractivity (Wildman–Crippen MR) is 106 cm³/mol. The first-order chi connectivity index (χ1) is 12.7. The summed E-state index contributed by atoms with van der Waals surface area (Å²) in [5, 5.41) is 16.1. The van der Waals surface area contributed by atoms with Gasteiger partial charge in [-0.1, -0.05) is 30.3 Å². The van der Waals surface area contributed by atoms with E-state index in [2.05, 4.69) is 27.8 Å². The molecule has 26 heavy (non-hydrogen) atoms. The van der Waals surface area contributed by atoms with Crippen LogP contribution in [-0.4, -0.2) is 32.7 Å². The van der Waals surface area contributed by atoms with E-state index < -0.39 is 6.10 Å². The van der Waals surface area contributed by atoms with Gasteiger partial charge < -0.3 is 10.4 Å². The van der Waals surface area contributed by atoms with Gasteiger partial charge >= 0.3 is 0 Å². The summed E-state index contributed by atoms with van der Waals surface area (Å²) in [4.78, 5) is 14.5. The number of hydrogen-bond donors (Lipinski definition) is 2. The summed E-state index contributed by atoms with van der Waals surface area (Å²) >= 11 is 1.59. The number of hydrogen-bond acceptors (Lipinski definition) is 6. The van der Waals surface area contributed by atoms with Crippen LogP contribution in [0, 0.1) is 0 Å². The number of aliphatic hydroxyl groups excluding tert-OH is 1. The van der Waals surface area contributed by atoms with Crippen LogP contribution in [-0.2, 0) is 0 Å². The van der Waals surface area contributed by atoms with Gasteiger partial charge in [0.2, 0.25) is 0 Å². The molecule has 0 spiro atoms. The maximum atomic E-state index is 9.70. The van der Waals surface area contributed by atoms with Gasteiger partial charge in [-0.3, -0.25) is 4.98 Å². The van der Waals surface area contributed by atoms with Crippen molar-refractivity contribution in [1.29, 1.82) is 0 Å². The molecule has 0 amide bonds. The Kier molecular flexibility index (Phi) is 4.60. The summed E-state index contributed by atoms with van der Waals surface area (Å²) in [7, 11) is 0. The lowest BCUT2D eigenvalue weighted by Crippen LogP contribution is -2.16. The lowest BCUT2D eigenvalue weighted by atomic mass is 10.1. The zero-order valence-corrected chi connectivity index (χ0v) is 15.1. The minimum absolute atomic E-state index is 0.419. The molecular weight excluding hydrogens is 344 g/mol. The molecule has 2 N–H and O–H groups in total. The summed E-state index contributed by atoms with van der Waals surface area (Å²) in [5.41, 5.74) is 3.08. The average molecular weight is 362 g/mol. The Morgan fingerprint density at radius 2 is 1.88 bits per heavy atom. The van der Waals surface area contributed by atoms with Gasteiger partial charge in [0.15, 0.2) is 5.82 Å². The highest BCUT2D eigenvalue weighted by molar-refractivity contribution is 7.17. The monoisotopic (exact) mass is 362 g/mol. The number of aliphatic hydroxyl groups is 1. The van der Waals surface area contributed by atoms with Crippen LogP contribution in [0.15, 0.2) is 60.2 Å². The van der Waals surface area contributed by atoms with Gasteiger partial charge in [0.25, 0.3) is 0 Å². The van der Waals surface area contributed by atoms with Crippen molar-refractivity contribution in [2.45, 2.75) is 13.0 Å². The van der Waals surface area contributed by atoms with E-state index in [1.54, 1.807) is 30.7 Å². The molecule has 4 rings (SSSR count). The van der Waals surface area contributed by atoms with Crippen LogP contribution in [0.25, 0.3) is 32.7 Å². The van der Waals surface area contributed by atoms with E-state index in [-0.39, 0.29) is 0 Å². The number of rotatable bonds is 5. The fourth-order valence-corrected chi connectivity index (χ4v) is 3.72. The molecule has 0 aliphatic heterocycles. The van der Waals surface area contributed by atoms with Gasteiger partial charge in [-0.15, -0.1) is 11.3 Å². The van der Waals surface area contributed by atoms with Crippen molar-refractivity contribution in [1.82, 2.24) is 15.0 Å². The van der Waals surface area contributed by atoms with Gasteiger partial charge in [0, 0.05) is 35.4 Å². The van der Waals surface area contributed by atoms with Gasteiger partial charge in [-0.05, 0) is 24.6 Å². The lowest BCUT2D eigenvalue weighted by molar-refractivity contribution is 0.208. The standard InChI is InChI=1S/C20H18N4OS/c1-13(25)10-22-19-17-16(14-6-3-2-4-7-14)12-26-20(17)24-18(23-19)15-8-5-9-21-11-15/h2-9,11-13,25H,10H2,1H3,(H,22,23,24)/t13-/m1/s1. The number of thiophene rings is 1. The lowest BCUT2D eigenvalue weighted by Gasteiger charge is -2.12. The number of nitrogens with zero attached hydrogens (tertiary/aromatic N) is 3. The largest absolute Gasteiger partial charge is 0.392 e. The second kappa shape index (κ2) is 7.19. The highest BCUT2D eigenvalue weighted by Crippen LogP contribution is 2.38. The van der Waals surface area contributed by atoms with Crippen LogP contribution in [0.4, 0.5) is 5.82 Å². The summed E-state index contributed by atoms with van der Waals surface area (Å²) in [6, 6.07) is 14.0. The number of aromatic nitrogens is 3. The summed E-state index contributed by atoms with van der Waals surface area (Å²) < 4.78 is 0. The van der Waals surface area contributed by atoms with Crippen LogP contribution >= 0.6 is 11.3 Å². The summed E-state index contributed by atoms with van der Waals surface area (Å²) in [5.74, 6) is 1.36. The molecule has 0 saturated heterocycles. The highest BCUT2D eigenvalue weighted by Gasteiger charge is 2.16. The molecule has 130 valence electrons. The Bertz CT molecular complexity index is 1020. The Labute approximate surface area is 155 Å². The highest BCUT2D eigenvalue weighted by atomic mass is 32.1. The number of fused-ring (bicyclic) bond motifs is 1. The Hall–Kier alpha value is -2.83. The molecule has 6 heteroatoms. The van der Waals surface area contributed by atoms with Crippen LogP contribution < -0.4 is 5.32 Å². The summed E-state index contributed by atoms with van der Waals surface area (Å²) in [6.07, 6.45) is 3.01. The normalized spacial score (nSPS) is 12.2. The quantitative estimate of drug-likeness (QED) is 0.556. The molecule has 3 heterocycles. The minimum atomic E-state index is -0.472. The van der Waals surface area contributed by atoms with E-state index in [0.717, 1.165) is 32.7 Å². The number of anilines is 1. The van der Waals surface area contributed by atoms with Crippen LogP contribution in [0.3, 0.4) is 0 Å².